The molecule has 2 aromatic rings. The number of hydrogen-bond acceptors (Lipinski definition) is 2. The average Bonchev–Trinajstić information content (AvgIpc) is 2.46. The van der Waals surface area contributed by atoms with Gasteiger partial charge in [-0.25, -0.2) is 8.78 Å². The molecule has 2 rings (SSSR count). The van der Waals surface area contributed by atoms with Crippen LogP contribution >= 0.6 is 0 Å². The van der Waals surface area contributed by atoms with E-state index in [0.29, 0.717) is 16.8 Å². The second kappa shape index (κ2) is 5.97. The molecule has 3 nitrogen and oxygen atoms in total. The van der Waals surface area contributed by atoms with Crippen LogP contribution in [0.2, 0.25) is 0 Å². The van der Waals surface area contributed by atoms with Crippen LogP contribution in [-0.2, 0) is 0 Å². The Morgan fingerprint density at radius 1 is 0.800 bits per heavy atom. The summed E-state index contributed by atoms with van der Waals surface area (Å²) in [4.78, 5) is 11.7. The Balaban J connectivity index is 1.94. The molecule has 0 heterocycles. The van der Waals surface area contributed by atoms with Crippen molar-refractivity contribution in [2.24, 2.45) is 0 Å². The largest absolute Gasteiger partial charge is 0.298 e. The molecule has 0 aliphatic carbocycles. The molecule has 0 atom stereocenters. The molecule has 2 N–H and O–H groups in total. The Labute approximate surface area is 114 Å². The summed E-state index contributed by atoms with van der Waals surface area (Å²) < 4.78 is 25.5. The maximum Gasteiger partial charge on any atom is 0.269 e. The summed E-state index contributed by atoms with van der Waals surface area (Å²) in [5, 5.41) is 0. The summed E-state index contributed by atoms with van der Waals surface area (Å²) in [6, 6.07) is 10.8. The van der Waals surface area contributed by atoms with Crippen LogP contribution in [0.4, 0.5) is 8.78 Å². The molecule has 0 aliphatic heterocycles. The molecule has 1 amide bonds. The Morgan fingerprint density at radius 3 is 1.75 bits per heavy atom. The van der Waals surface area contributed by atoms with Crippen molar-refractivity contribution in [1.29, 1.82) is 0 Å². The van der Waals surface area contributed by atoms with Crippen LogP contribution in [0.3, 0.4) is 0 Å². The molecule has 5 heteroatoms. The standard InChI is InChI=1S/C15H12F2N2O/c1-10(11-2-6-13(16)7-3-11)18-19-15(20)12-4-8-14(17)9-5-12/h2-9,18H,1H2,(H,19,20). The van der Waals surface area contributed by atoms with Crippen molar-refractivity contribution in [2.75, 3.05) is 0 Å². The molecule has 2 aromatic carbocycles. The number of hydrogen-bond donors (Lipinski definition) is 2. The van der Waals surface area contributed by atoms with E-state index in [1.807, 2.05) is 0 Å². The summed E-state index contributed by atoms with van der Waals surface area (Å²) in [7, 11) is 0. The van der Waals surface area contributed by atoms with Crippen molar-refractivity contribution in [3.05, 3.63) is 77.9 Å². The van der Waals surface area contributed by atoms with E-state index in [0.717, 1.165) is 0 Å². The van der Waals surface area contributed by atoms with Crippen LogP contribution in [-0.4, -0.2) is 5.91 Å². The Hall–Kier alpha value is -2.69. The second-order valence-corrected chi connectivity index (χ2v) is 4.07. The van der Waals surface area contributed by atoms with E-state index in [1.165, 1.54) is 48.5 Å². The fourth-order valence-corrected chi connectivity index (χ4v) is 1.53. The second-order valence-electron chi connectivity index (χ2n) is 4.07. The quantitative estimate of drug-likeness (QED) is 0.842. The number of halogens is 2. The zero-order valence-electron chi connectivity index (χ0n) is 10.5. The van der Waals surface area contributed by atoms with E-state index < -0.39 is 11.7 Å². The third-order valence-electron chi connectivity index (χ3n) is 2.63. The lowest BCUT2D eigenvalue weighted by Crippen LogP contribution is -2.35. The summed E-state index contributed by atoms with van der Waals surface area (Å²) in [6.07, 6.45) is 0. The highest BCUT2D eigenvalue weighted by Gasteiger charge is 2.06. The molecule has 0 saturated carbocycles. The molecular formula is C15H12F2N2O. The average molecular weight is 274 g/mol. The summed E-state index contributed by atoms with van der Waals surface area (Å²) in [6.45, 7) is 3.73. The first-order chi connectivity index (χ1) is 9.56. The predicted octanol–water partition coefficient (Wildman–Crippen LogP) is 2.87. The first-order valence-electron chi connectivity index (χ1n) is 5.83. The molecule has 0 aliphatic rings. The van der Waals surface area contributed by atoms with Gasteiger partial charge in [-0.3, -0.25) is 15.6 Å². The van der Waals surface area contributed by atoms with Crippen LogP contribution in [0, 0.1) is 11.6 Å². The Kier molecular flexibility index (Phi) is 4.10. The van der Waals surface area contributed by atoms with Gasteiger partial charge in [0, 0.05) is 5.56 Å². The van der Waals surface area contributed by atoms with Gasteiger partial charge in [0.1, 0.15) is 11.6 Å². The van der Waals surface area contributed by atoms with Gasteiger partial charge in [-0.05, 0) is 54.1 Å². The van der Waals surface area contributed by atoms with E-state index >= 15 is 0 Å². The Bertz CT molecular complexity index is 564. The third kappa shape index (κ3) is 3.41. The van der Waals surface area contributed by atoms with Crippen molar-refractivity contribution in [1.82, 2.24) is 10.9 Å². The minimum atomic E-state index is -0.423. The number of carbonyl (C=O) groups excluding carboxylic acids is 1. The van der Waals surface area contributed by atoms with Gasteiger partial charge in [0.25, 0.3) is 5.91 Å². The highest BCUT2D eigenvalue weighted by atomic mass is 19.1. The van der Waals surface area contributed by atoms with Gasteiger partial charge in [-0.1, -0.05) is 6.58 Å². The van der Waals surface area contributed by atoms with E-state index in [1.54, 1.807) is 0 Å². The number of rotatable bonds is 4. The molecule has 20 heavy (non-hydrogen) atoms. The molecule has 0 bridgehead atoms. The van der Waals surface area contributed by atoms with Gasteiger partial charge in [0.05, 0.1) is 5.70 Å². The number of nitrogens with one attached hydrogen (secondary N) is 2. The fraction of sp³-hybridized carbons (Fsp3) is 0. The van der Waals surface area contributed by atoms with E-state index in [2.05, 4.69) is 17.4 Å². The molecule has 0 saturated heterocycles. The molecule has 102 valence electrons. The van der Waals surface area contributed by atoms with E-state index in [9.17, 15) is 13.6 Å². The monoisotopic (exact) mass is 274 g/mol. The van der Waals surface area contributed by atoms with Crippen LogP contribution < -0.4 is 10.9 Å². The van der Waals surface area contributed by atoms with Crippen LogP contribution in [0.1, 0.15) is 15.9 Å². The number of hydrazine groups is 1. The molecule has 0 fully saturated rings. The number of benzene rings is 2. The molecule has 0 unspecified atom stereocenters. The highest BCUT2D eigenvalue weighted by molar-refractivity contribution is 5.94. The van der Waals surface area contributed by atoms with Gasteiger partial charge in [-0.2, -0.15) is 0 Å². The smallest absolute Gasteiger partial charge is 0.269 e. The zero-order chi connectivity index (χ0) is 14.5. The molecule has 0 aromatic heterocycles. The van der Waals surface area contributed by atoms with Crippen molar-refractivity contribution < 1.29 is 13.6 Å². The van der Waals surface area contributed by atoms with Crippen molar-refractivity contribution in [2.45, 2.75) is 0 Å². The van der Waals surface area contributed by atoms with Crippen molar-refractivity contribution in [3.63, 3.8) is 0 Å². The van der Waals surface area contributed by atoms with Gasteiger partial charge >= 0.3 is 0 Å². The first-order valence-corrected chi connectivity index (χ1v) is 5.83. The minimum absolute atomic E-state index is 0.311. The number of amides is 1. The fourth-order valence-electron chi connectivity index (χ4n) is 1.53. The third-order valence-corrected chi connectivity index (χ3v) is 2.63. The SMILES string of the molecule is C=C(NNC(=O)c1ccc(F)cc1)c1ccc(F)cc1. The van der Waals surface area contributed by atoms with E-state index in [-0.39, 0.29) is 5.82 Å². The lowest BCUT2D eigenvalue weighted by Gasteiger charge is -2.11. The van der Waals surface area contributed by atoms with Gasteiger partial charge < -0.3 is 0 Å². The minimum Gasteiger partial charge on any atom is -0.298 e. The lowest BCUT2D eigenvalue weighted by molar-refractivity contribution is 0.0942. The normalized spacial score (nSPS) is 9.90. The summed E-state index contributed by atoms with van der Waals surface area (Å²) in [5.41, 5.74) is 6.42. The molecule has 0 radical (unpaired) electrons. The van der Waals surface area contributed by atoms with Gasteiger partial charge in [0.2, 0.25) is 0 Å². The molecular weight excluding hydrogens is 262 g/mol. The highest BCUT2D eigenvalue weighted by Crippen LogP contribution is 2.09. The Morgan fingerprint density at radius 2 is 1.25 bits per heavy atom. The van der Waals surface area contributed by atoms with Crippen LogP contribution in [0.5, 0.6) is 0 Å². The maximum absolute atomic E-state index is 12.8. The topological polar surface area (TPSA) is 41.1 Å². The first kappa shape index (κ1) is 13.7. The van der Waals surface area contributed by atoms with Crippen molar-refractivity contribution in [3.8, 4) is 0 Å². The lowest BCUT2D eigenvalue weighted by atomic mass is 10.2. The zero-order valence-corrected chi connectivity index (χ0v) is 10.5. The summed E-state index contributed by atoms with van der Waals surface area (Å²) in [5.74, 6) is -1.18. The molecule has 0 spiro atoms. The summed E-state index contributed by atoms with van der Waals surface area (Å²) >= 11 is 0. The van der Waals surface area contributed by atoms with Gasteiger partial charge in [0.15, 0.2) is 0 Å². The van der Waals surface area contributed by atoms with Crippen LogP contribution in [0.15, 0.2) is 55.1 Å². The van der Waals surface area contributed by atoms with Crippen molar-refractivity contribution >= 4 is 11.6 Å². The van der Waals surface area contributed by atoms with Gasteiger partial charge in [-0.15, -0.1) is 0 Å². The predicted molar refractivity (Wildman–Crippen MR) is 72.4 cm³/mol. The maximum atomic E-state index is 12.8. The van der Waals surface area contributed by atoms with Crippen LogP contribution in [0.25, 0.3) is 5.70 Å². The van der Waals surface area contributed by atoms with E-state index in [4.69, 9.17) is 0 Å². The number of carbonyl (C=O) groups is 1.